The maximum absolute atomic E-state index is 13.5. The van der Waals surface area contributed by atoms with Crippen LogP contribution in [-0.2, 0) is 21.7 Å². The second-order valence-electron chi connectivity index (χ2n) is 10.4. The van der Waals surface area contributed by atoms with E-state index >= 15 is 0 Å². The average Bonchev–Trinajstić information content (AvgIpc) is 3.39. The SMILES string of the molecule is CCOc1cc(C2C(C(=O)OC(C)C)=C(C)Nc3nc(SCc4ccccc4Cl)nn32)cc(Br)c1OCCc1ccccc1. The monoisotopic (exact) mass is 696 g/mol. The van der Waals surface area contributed by atoms with Crippen molar-refractivity contribution in [2.45, 2.75) is 57.2 Å². The molecule has 1 aromatic heterocycles. The van der Waals surface area contributed by atoms with Crippen molar-refractivity contribution in [1.29, 1.82) is 0 Å². The van der Waals surface area contributed by atoms with Crippen molar-refractivity contribution < 1.29 is 19.0 Å². The maximum Gasteiger partial charge on any atom is 0.338 e. The fourth-order valence-electron chi connectivity index (χ4n) is 4.86. The predicted octanol–water partition coefficient (Wildman–Crippen LogP) is 8.25. The summed E-state index contributed by atoms with van der Waals surface area (Å²) in [5.74, 6) is 1.85. The third kappa shape index (κ3) is 7.42. The number of thioether (sulfide) groups is 1. The molecule has 8 nitrogen and oxygen atoms in total. The molecule has 0 spiro atoms. The lowest BCUT2D eigenvalue weighted by Crippen LogP contribution is -2.30. The van der Waals surface area contributed by atoms with Crippen molar-refractivity contribution in [3.05, 3.63) is 104 Å². The number of benzene rings is 3. The number of rotatable bonds is 12. The molecule has 0 fully saturated rings. The Morgan fingerprint density at radius 3 is 2.59 bits per heavy atom. The third-order valence-electron chi connectivity index (χ3n) is 6.84. The normalized spacial score (nSPS) is 14.3. The zero-order valence-corrected chi connectivity index (χ0v) is 28.1. The van der Waals surface area contributed by atoms with Crippen LogP contribution < -0.4 is 14.8 Å². The van der Waals surface area contributed by atoms with Gasteiger partial charge in [0.05, 0.1) is 29.4 Å². The summed E-state index contributed by atoms with van der Waals surface area (Å²) in [6, 6.07) is 21.1. The number of halogens is 2. The summed E-state index contributed by atoms with van der Waals surface area (Å²) in [5.41, 5.74) is 4.01. The molecule has 1 N–H and O–H groups in total. The third-order valence-corrected chi connectivity index (χ3v) is 8.68. The van der Waals surface area contributed by atoms with Crippen molar-refractivity contribution in [2.75, 3.05) is 18.5 Å². The van der Waals surface area contributed by atoms with Crippen LogP contribution in [0, 0.1) is 0 Å². The van der Waals surface area contributed by atoms with Crippen LogP contribution in [0.25, 0.3) is 0 Å². The Morgan fingerprint density at radius 1 is 1.11 bits per heavy atom. The van der Waals surface area contributed by atoms with Crippen molar-refractivity contribution >= 4 is 51.2 Å². The molecule has 0 amide bonds. The van der Waals surface area contributed by atoms with Gasteiger partial charge in [-0.2, -0.15) is 4.98 Å². The number of allylic oxidation sites excluding steroid dienone is 1. The Hall–Kier alpha value is -3.47. The number of hydrogen-bond donors (Lipinski definition) is 1. The minimum atomic E-state index is -0.631. The van der Waals surface area contributed by atoms with Crippen LogP contribution in [0.5, 0.6) is 11.5 Å². The minimum Gasteiger partial charge on any atom is -0.490 e. The summed E-state index contributed by atoms with van der Waals surface area (Å²) in [6.45, 7) is 8.33. The molecule has 0 bridgehead atoms. The van der Waals surface area contributed by atoms with Crippen LogP contribution in [0.1, 0.15) is 50.4 Å². The first kappa shape index (κ1) is 31.9. The largest absolute Gasteiger partial charge is 0.490 e. The van der Waals surface area contributed by atoms with Gasteiger partial charge in [0.25, 0.3) is 0 Å². The molecule has 1 aliphatic rings. The highest BCUT2D eigenvalue weighted by Gasteiger charge is 2.36. The summed E-state index contributed by atoms with van der Waals surface area (Å²) in [7, 11) is 0. The Kier molecular flexibility index (Phi) is 10.6. The van der Waals surface area contributed by atoms with E-state index in [1.165, 1.54) is 17.3 Å². The number of hydrogen-bond acceptors (Lipinski definition) is 8. The van der Waals surface area contributed by atoms with E-state index in [4.69, 9.17) is 35.9 Å². The zero-order valence-electron chi connectivity index (χ0n) is 25.0. The first-order chi connectivity index (χ1) is 21.2. The highest BCUT2D eigenvalue weighted by atomic mass is 79.9. The number of nitrogens with one attached hydrogen (secondary N) is 1. The van der Waals surface area contributed by atoms with Gasteiger partial charge in [-0.25, -0.2) is 9.48 Å². The lowest BCUT2D eigenvalue weighted by molar-refractivity contribution is -0.143. The number of ether oxygens (including phenoxy) is 3. The molecule has 0 saturated carbocycles. The molecular formula is C33H34BrClN4O4S. The van der Waals surface area contributed by atoms with Crippen LogP contribution in [-0.4, -0.2) is 40.1 Å². The number of anilines is 1. The van der Waals surface area contributed by atoms with Crippen LogP contribution in [0.3, 0.4) is 0 Å². The van der Waals surface area contributed by atoms with Gasteiger partial charge in [-0.3, -0.25) is 0 Å². The number of esters is 1. The van der Waals surface area contributed by atoms with Crippen LogP contribution in [0.2, 0.25) is 5.02 Å². The lowest BCUT2D eigenvalue weighted by Gasteiger charge is -2.29. The second kappa shape index (κ2) is 14.5. The van der Waals surface area contributed by atoms with Gasteiger partial charge in [-0.05, 0) is 78.5 Å². The number of fused-ring (bicyclic) bond motifs is 1. The predicted molar refractivity (Wildman–Crippen MR) is 178 cm³/mol. The molecule has 11 heteroatoms. The first-order valence-electron chi connectivity index (χ1n) is 14.4. The molecule has 5 rings (SSSR count). The molecular weight excluding hydrogens is 664 g/mol. The Bertz CT molecular complexity index is 1660. The molecule has 0 aliphatic carbocycles. The number of nitrogens with zero attached hydrogens (tertiary/aromatic N) is 3. The fraction of sp³-hybridized carbons (Fsp3) is 0.303. The summed E-state index contributed by atoms with van der Waals surface area (Å²) < 4.78 is 20.4. The molecule has 1 atom stereocenters. The number of aromatic nitrogens is 3. The summed E-state index contributed by atoms with van der Waals surface area (Å²) in [5, 5.41) is 9.35. The van der Waals surface area contributed by atoms with E-state index in [9.17, 15) is 4.79 Å². The Morgan fingerprint density at radius 2 is 1.86 bits per heavy atom. The summed E-state index contributed by atoms with van der Waals surface area (Å²) in [4.78, 5) is 18.3. The molecule has 0 radical (unpaired) electrons. The minimum absolute atomic E-state index is 0.298. The van der Waals surface area contributed by atoms with Crippen molar-refractivity contribution in [3.8, 4) is 11.5 Å². The Labute approximate surface area is 275 Å². The van der Waals surface area contributed by atoms with E-state index in [-0.39, 0.29) is 6.10 Å². The molecule has 230 valence electrons. The van der Waals surface area contributed by atoms with E-state index < -0.39 is 12.0 Å². The molecule has 2 heterocycles. The zero-order chi connectivity index (χ0) is 31.2. The van der Waals surface area contributed by atoms with E-state index in [2.05, 4.69) is 33.4 Å². The van der Waals surface area contributed by atoms with E-state index in [1.807, 2.05) is 82.3 Å². The molecule has 3 aromatic carbocycles. The van der Waals surface area contributed by atoms with E-state index in [0.717, 1.165) is 17.5 Å². The Balaban J connectivity index is 1.50. The van der Waals surface area contributed by atoms with Gasteiger partial charge >= 0.3 is 5.97 Å². The maximum atomic E-state index is 13.5. The second-order valence-corrected chi connectivity index (χ2v) is 12.6. The van der Waals surface area contributed by atoms with Crippen molar-refractivity contribution in [1.82, 2.24) is 14.8 Å². The van der Waals surface area contributed by atoms with Gasteiger partial charge in [0.2, 0.25) is 11.1 Å². The number of carbonyl (C=O) groups excluding carboxylic acids is 1. The highest BCUT2D eigenvalue weighted by Crippen LogP contribution is 2.43. The van der Waals surface area contributed by atoms with Crippen LogP contribution >= 0.6 is 39.3 Å². The topological polar surface area (TPSA) is 87.5 Å². The van der Waals surface area contributed by atoms with Crippen molar-refractivity contribution in [3.63, 3.8) is 0 Å². The first-order valence-corrected chi connectivity index (χ1v) is 16.5. The summed E-state index contributed by atoms with van der Waals surface area (Å²) >= 11 is 11.6. The van der Waals surface area contributed by atoms with Gasteiger partial charge in [0, 0.05) is 22.9 Å². The molecule has 1 unspecified atom stereocenters. The smallest absolute Gasteiger partial charge is 0.338 e. The molecule has 1 aliphatic heterocycles. The van der Waals surface area contributed by atoms with Gasteiger partial charge < -0.3 is 19.5 Å². The standard InChI is InChI=1S/C33H34BrClN4O4S/c1-5-41-27-18-24(17-25(34)30(27)42-16-15-22-11-7-6-8-12-22)29-28(31(40)43-20(2)3)21(4)36-32-37-33(38-39(29)32)44-19-23-13-9-10-14-26(23)35/h6-14,17-18,20,29H,5,15-16,19H2,1-4H3,(H,36,37,38). The quantitative estimate of drug-likeness (QED) is 0.117. The average molecular weight is 698 g/mol. The number of carbonyl (C=O) groups is 1. The van der Waals surface area contributed by atoms with E-state index in [1.54, 1.807) is 4.68 Å². The molecule has 4 aromatic rings. The molecule has 44 heavy (non-hydrogen) atoms. The fourth-order valence-corrected chi connectivity index (χ4v) is 6.55. The van der Waals surface area contributed by atoms with Crippen LogP contribution in [0.15, 0.2) is 87.6 Å². The van der Waals surface area contributed by atoms with Crippen LogP contribution in [0.4, 0.5) is 5.95 Å². The van der Waals surface area contributed by atoms with Gasteiger partial charge in [-0.1, -0.05) is 71.9 Å². The van der Waals surface area contributed by atoms with Crippen molar-refractivity contribution in [2.24, 2.45) is 0 Å². The molecule has 0 saturated heterocycles. The summed E-state index contributed by atoms with van der Waals surface area (Å²) in [6.07, 6.45) is 0.451. The lowest BCUT2D eigenvalue weighted by atomic mass is 9.95. The van der Waals surface area contributed by atoms with Gasteiger partial charge in [0.15, 0.2) is 11.5 Å². The van der Waals surface area contributed by atoms with E-state index in [0.29, 0.717) is 62.3 Å². The highest BCUT2D eigenvalue weighted by molar-refractivity contribution is 9.10. The van der Waals surface area contributed by atoms with Gasteiger partial charge in [-0.15, -0.1) is 5.10 Å². The van der Waals surface area contributed by atoms with Gasteiger partial charge in [0.1, 0.15) is 6.04 Å².